The Bertz CT molecular complexity index is 342. The van der Waals surface area contributed by atoms with Gasteiger partial charge in [-0.2, -0.15) is 0 Å². The van der Waals surface area contributed by atoms with E-state index in [0.717, 1.165) is 31.5 Å². The van der Waals surface area contributed by atoms with Crippen molar-refractivity contribution in [3.8, 4) is 0 Å². The van der Waals surface area contributed by atoms with Crippen molar-refractivity contribution in [3.63, 3.8) is 0 Å². The Morgan fingerprint density at radius 3 is 2.53 bits per heavy atom. The van der Waals surface area contributed by atoms with Crippen LogP contribution in [0.3, 0.4) is 0 Å². The molecular formula is C13H17NO. The van der Waals surface area contributed by atoms with Crippen molar-refractivity contribution < 1.29 is 4.79 Å². The largest absolute Gasteiger partial charge is 0.312 e. The SMILES string of the molecule is CCc1ccc(N2CCCCC2=O)cc1. The van der Waals surface area contributed by atoms with Crippen molar-refractivity contribution in [2.24, 2.45) is 0 Å². The molecule has 1 aliphatic heterocycles. The van der Waals surface area contributed by atoms with E-state index in [1.165, 1.54) is 5.56 Å². The van der Waals surface area contributed by atoms with E-state index in [9.17, 15) is 4.79 Å². The Kier molecular flexibility index (Phi) is 3.05. The molecule has 1 heterocycles. The van der Waals surface area contributed by atoms with E-state index in [2.05, 4.69) is 31.2 Å². The molecular weight excluding hydrogens is 186 g/mol. The zero-order valence-corrected chi connectivity index (χ0v) is 9.20. The summed E-state index contributed by atoms with van der Waals surface area (Å²) < 4.78 is 0. The van der Waals surface area contributed by atoms with E-state index < -0.39 is 0 Å². The predicted molar refractivity (Wildman–Crippen MR) is 62.0 cm³/mol. The summed E-state index contributed by atoms with van der Waals surface area (Å²) in [5.41, 5.74) is 2.38. The molecule has 1 aromatic carbocycles. The van der Waals surface area contributed by atoms with E-state index in [-0.39, 0.29) is 5.91 Å². The van der Waals surface area contributed by atoms with Crippen LogP contribution in [0.4, 0.5) is 5.69 Å². The molecule has 0 aliphatic carbocycles. The van der Waals surface area contributed by atoms with Gasteiger partial charge in [0.05, 0.1) is 0 Å². The van der Waals surface area contributed by atoms with Crippen LogP contribution >= 0.6 is 0 Å². The summed E-state index contributed by atoms with van der Waals surface area (Å²) in [4.78, 5) is 13.6. The Morgan fingerprint density at radius 1 is 1.20 bits per heavy atom. The topological polar surface area (TPSA) is 20.3 Å². The fraction of sp³-hybridized carbons (Fsp3) is 0.462. The van der Waals surface area contributed by atoms with Gasteiger partial charge in [0, 0.05) is 18.7 Å². The Morgan fingerprint density at radius 2 is 1.93 bits per heavy atom. The highest BCUT2D eigenvalue weighted by molar-refractivity contribution is 5.93. The lowest BCUT2D eigenvalue weighted by Crippen LogP contribution is -2.35. The van der Waals surface area contributed by atoms with Crippen molar-refractivity contribution in [3.05, 3.63) is 29.8 Å². The number of aryl methyl sites for hydroxylation is 1. The van der Waals surface area contributed by atoms with Crippen molar-refractivity contribution in [2.45, 2.75) is 32.6 Å². The van der Waals surface area contributed by atoms with Gasteiger partial charge in [-0.05, 0) is 37.0 Å². The number of nitrogens with zero attached hydrogens (tertiary/aromatic N) is 1. The molecule has 15 heavy (non-hydrogen) atoms. The molecule has 1 fully saturated rings. The molecule has 0 aromatic heterocycles. The van der Waals surface area contributed by atoms with Gasteiger partial charge < -0.3 is 4.90 Å². The minimum atomic E-state index is 0.269. The van der Waals surface area contributed by atoms with Gasteiger partial charge in [0.2, 0.25) is 5.91 Å². The molecule has 2 nitrogen and oxygen atoms in total. The number of anilines is 1. The summed E-state index contributed by atoms with van der Waals surface area (Å²) in [6, 6.07) is 8.33. The fourth-order valence-corrected chi connectivity index (χ4v) is 1.99. The first kappa shape index (κ1) is 10.2. The monoisotopic (exact) mass is 203 g/mol. The number of carbonyl (C=O) groups excluding carboxylic acids is 1. The van der Waals surface area contributed by atoms with Crippen LogP contribution < -0.4 is 4.90 Å². The van der Waals surface area contributed by atoms with Crippen molar-refractivity contribution in [1.82, 2.24) is 0 Å². The molecule has 0 spiro atoms. The highest BCUT2D eigenvalue weighted by Crippen LogP contribution is 2.21. The number of rotatable bonds is 2. The van der Waals surface area contributed by atoms with Crippen LogP contribution in [0.1, 0.15) is 31.7 Å². The molecule has 0 unspecified atom stereocenters. The van der Waals surface area contributed by atoms with E-state index in [4.69, 9.17) is 0 Å². The molecule has 80 valence electrons. The molecule has 2 rings (SSSR count). The van der Waals surface area contributed by atoms with Crippen molar-refractivity contribution in [2.75, 3.05) is 11.4 Å². The van der Waals surface area contributed by atoms with Gasteiger partial charge in [-0.1, -0.05) is 19.1 Å². The first-order chi connectivity index (χ1) is 7.31. The quantitative estimate of drug-likeness (QED) is 0.723. The number of carbonyl (C=O) groups is 1. The minimum absolute atomic E-state index is 0.269. The average molecular weight is 203 g/mol. The number of piperidine rings is 1. The number of hydrogen-bond acceptors (Lipinski definition) is 1. The lowest BCUT2D eigenvalue weighted by Gasteiger charge is -2.26. The molecule has 1 saturated heterocycles. The molecule has 1 aliphatic rings. The Hall–Kier alpha value is -1.31. The second-order valence-corrected chi connectivity index (χ2v) is 4.02. The maximum absolute atomic E-state index is 11.7. The number of benzene rings is 1. The lowest BCUT2D eigenvalue weighted by atomic mass is 10.1. The highest BCUT2D eigenvalue weighted by atomic mass is 16.2. The summed E-state index contributed by atoms with van der Waals surface area (Å²) in [7, 11) is 0. The van der Waals surface area contributed by atoms with Gasteiger partial charge in [-0.25, -0.2) is 0 Å². The molecule has 0 radical (unpaired) electrons. The molecule has 2 heteroatoms. The summed E-state index contributed by atoms with van der Waals surface area (Å²) >= 11 is 0. The van der Waals surface area contributed by atoms with E-state index in [0.29, 0.717) is 6.42 Å². The lowest BCUT2D eigenvalue weighted by molar-refractivity contribution is -0.119. The van der Waals surface area contributed by atoms with Gasteiger partial charge in [0.1, 0.15) is 0 Å². The highest BCUT2D eigenvalue weighted by Gasteiger charge is 2.18. The third-order valence-electron chi connectivity index (χ3n) is 2.98. The average Bonchev–Trinajstić information content (AvgIpc) is 2.30. The molecule has 1 amide bonds. The third-order valence-corrected chi connectivity index (χ3v) is 2.98. The zero-order chi connectivity index (χ0) is 10.7. The predicted octanol–water partition coefficient (Wildman–Crippen LogP) is 2.77. The van der Waals surface area contributed by atoms with Gasteiger partial charge in [0.15, 0.2) is 0 Å². The maximum Gasteiger partial charge on any atom is 0.226 e. The summed E-state index contributed by atoms with van der Waals surface area (Å²) in [5, 5.41) is 0. The first-order valence-electron chi connectivity index (χ1n) is 5.70. The van der Waals surface area contributed by atoms with Crippen LogP contribution in [0.15, 0.2) is 24.3 Å². The van der Waals surface area contributed by atoms with Gasteiger partial charge in [-0.3, -0.25) is 4.79 Å². The van der Waals surface area contributed by atoms with E-state index in [1.54, 1.807) is 0 Å². The Balaban J connectivity index is 2.17. The van der Waals surface area contributed by atoms with Crippen LogP contribution in [0.25, 0.3) is 0 Å². The van der Waals surface area contributed by atoms with Crippen molar-refractivity contribution in [1.29, 1.82) is 0 Å². The van der Waals surface area contributed by atoms with Gasteiger partial charge in [0.25, 0.3) is 0 Å². The molecule has 0 atom stereocenters. The maximum atomic E-state index is 11.7. The van der Waals surface area contributed by atoms with Gasteiger partial charge in [-0.15, -0.1) is 0 Å². The molecule has 0 saturated carbocycles. The smallest absolute Gasteiger partial charge is 0.226 e. The van der Waals surface area contributed by atoms with Crippen molar-refractivity contribution >= 4 is 11.6 Å². The van der Waals surface area contributed by atoms with Gasteiger partial charge >= 0.3 is 0 Å². The fourth-order valence-electron chi connectivity index (χ4n) is 1.99. The molecule has 0 bridgehead atoms. The second-order valence-electron chi connectivity index (χ2n) is 4.02. The number of amides is 1. The second kappa shape index (κ2) is 4.47. The summed E-state index contributed by atoms with van der Waals surface area (Å²) in [6.45, 7) is 3.02. The van der Waals surface area contributed by atoms with Crippen LogP contribution in [-0.4, -0.2) is 12.5 Å². The molecule has 1 aromatic rings. The normalized spacial score (nSPS) is 16.9. The third kappa shape index (κ3) is 2.20. The van der Waals surface area contributed by atoms with Crippen LogP contribution in [-0.2, 0) is 11.2 Å². The minimum Gasteiger partial charge on any atom is -0.312 e. The van der Waals surface area contributed by atoms with Crippen LogP contribution in [0.5, 0.6) is 0 Å². The summed E-state index contributed by atoms with van der Waals surface area (Å²) in [6.07, 6.45) is 3.92. The van der Waals surface area contributed by atoms with Crippen LogP contribution in [0.2, 0.25) is 0 Å². The summed E-state index contributed by atoms with van der Waals surface area (Å²) in [5.74, 6) is 0.269. The Labute approximate surface area is 90.9 Å². The van der Waals surface area contributed by atoms with E-state index in [1.807, 2.05) is 4.90 Å². The molecule has 0 N–H and O–H groups in total. The van der Waals surface area contributed by atoms with Crippen LogP contribution in [0, 0.1) is 0 Å². The first-order valence-corrected chi connectivity index (χ1v) is 5.70. The number of hydrogen-bond donors (Lipinski definition) is 0. The zero-order valence-electron chi connectivity index (χ0n) is 9.20. The van der Waals surface area contributed by atoms with E-state index >= 15 is 0 Å². The standard InChI is InChI=1S/C13H17NO/c1-2-11-6-8-12(9-7-11)14-10-4-3-5-13(14)15/h6-9H,2-5,10H2,1H3.